The van der Waals surface area contributed by atoms with E-state index in [1.54, 1.807) is 6.08 Å². The molecule has 0 bridgehead atoms. The monoisotopic (exact) mass is 235 g/mol. The Labute approximate surface area is 97.8 Å². The van der Waals surface area contributed by atoms with E-state index in [1.165, 1.54) is 0 Å². The van der Waals surface area contributed by atoms with E-state index in [2.05, 4.69) is 11.9 Å². The highest BCUT2D eigenvalue weighted by Gasteiger charge is 2.14. The van der Waals surface area contributed by atoms with Crippen LogP contribution in [0, 0.1) is 0 Å². The highest BCUT2D eigenvalue weighted by molar-refractivity contribution is 6.17. The van der Waals surface area contributed by atoms with Crippen molar-refractivity contribution in [1.29, 1.82) is 0 Å². The fourth-order valence-electron chi connectivity index (χ4n) is 0.571. The van der Waals surface area contributed by atoms with Crippen LogP contribution in [-0.4, -0.2) is 24.1 Å². The molecule has 0 rings (SSSR count). The summed E-state index contributed by atoms with van der Waals surface area (Å²) in [6, 6.07) is 0. The van der Waals surface area contributed by atoms with Crippen LogP contribution in [0.4, 0.5) is 4.79 Å². The number of carbonyl (C=O) groups is 1. The van der Waals surface area contributed by atoms with E-state index in [-0.39, 0.29) is 6.09 Å². The van der Waals surface area contributed by atoms with Crippen molar-refractivity contribution in [2.24, 2.45) is 0 Å². The molecular formula is C11H22ClNO2. The number of alkyl halides is 1. The number of hydrogen-bond acceptors (Lipinski definition) is 2. The van der Waals surface area contributed by atoms with E-state index < -0.39 is 5.60 Å². The summed E-state index contributed by atoms with van der Waals surface area (Å²) in [5.74, 6) is 0.551. The van der Waals surface area contributed by atoms with Gasteiger partial charge in [0.15, 0.2) is 0 Å². The van der Waals surface area contributed by atoms with Crippen molar-refractivity contribution in [3.8, 4) is 0 Å². The van der Waals surface area contributed by atoms with Crippen molar-refractivity contribution in [1.82, 2.24) is 5.32 Å². The van der Waals surface area contributed by atoms with Gasteiger partial charge in [0.2, 0.25) is 0 Å². The highest BCUT2D eigenvalue weighted by Crippen LogP contribution is 2.06. The molecule has 0 spiro atoms. The van der Waals surface area contributed by atoms with E-state index >= 15 is 0 Å². The van der Waals surface area contributed by atoms with Crippen LogP contribution in [0.15, 0.2) is 12.7 Å². The van der Waals surface area contributed by atoms with Crippen LogP contribution in [0.3, 0.4) is 0 Å². The first-order valence-corrected chi connectivity index (χ1v) is 5.50. The lowest BCUT2D eigenvalue weighted by Gasteiger charge is -2.19. The van der Waals surface area contributed by atoms with Gasteiger partial charge in [-0.25, -0.2) is 4.79 Å². The van der Waals surface area contributed by atoms with E-state index in [4.69, 9.17) is 16.3 Å². The topological polar surface area (TPSA) is 38.3 Å². The molecule has 90 valence electrons. The van der Waals surface area contributed by atoms with Gasteiger partial charge in [-0.1, -0.05) is 6.08 Å². The van der Waals surface area contributed by atoms with Gasteiger partial charge in [0.25, 0.3) is 0 Å². The maximum atomic E-state index is 11.0. The quantitative estimate of drug-likeness (QED) is 0.463. The van der Waals surface area contributed by atoms with Crippen LogP contribution in [0.25, 0.3) is 0 Å². The van der Waals surface area contributed by atoms with Crippen LogP contribution in [0.2, 0.25) is 0 Å². The van der Waals surface area contributed by atoms with Crippen molar-refractivity contribution >= 4 is 17.7 Å². The summed E-state index contributed by atoms with van der Waals surface area (Å²) < 4.78 is 4.99. The fraction of sp³-hybridized carbons (Fsp3) is 0.727. The molecular weight excluding hydrogens is 214 g/mol. The van der Waals surface area contributed by atoms with Crippen LogP contribution in [-0.2, 0) is 4.74 Å². The molecule has 0 aromatic rings. The normalized spacial score (nSPS) is 9.67. The van der Waals surface area contributed by atoms with Gasteiger partial charge in [-0.05, 0) is 34.1 Å². The van der Waals surface area contributed by atoms with Gasteiger partial charge in [0.05, 0.1) is 0 Å². The van der Waals surface area contributed by atoms with Gasteiger partial charge in [-0.15, -0.1) is 18.2 Å². The molecule has 3 nitrogen and oxygen atoms in total. The lowest BCUT2D eigenvalue weighted by atomic mass is 10.2. The van der Waals surface area contributed by atoms with Crippen molar-refractivity contribution in [3.63, 3.8) is 0 Å². The third-order valence-corrected chi connectivity index (χ3v) is 1.25. The molecule has 0 aromatic carbocycles. The molecule has 0 aromatic heterocycles. The molecule has 0 radical (unpaired) electrons. The number of alkyl carbamates (subject to hydrolysis) is 1. The number of rotatable bonds is 3. The Balaban J connectivity index is 0. The molecule has 4 heteroatoms. The summed E-state index contributed by atoms with van der Waals surface area (Å²) in [6.45, 7) is 11.3. The second-order valence-corrected chi connectivity index (χ2v) is 4.26. The van der Waals surface area contributed by atoms with Crippen LogP contribution in [0.5, 0.6) is 0 Å². The molecule has 0 fully saturated rings. The Bertz CT molecular complexity index is 176. The third kappa shape index (κ3) is 19.6. The minimum Gasteiger partial charge on any atom is -0.444 e. The zero-order valence-electron chi connectivity index (χ0n) is 10.1. The lowest BCUT2D eigenvalue weighted by molar-refractivity contribution is 0.0528. The molecule has 0 unspecified atom stereocenters. The molecule has 0 aliphatic rings. The highest BCUT2D eigenvalue weighted by atomic mass is 35.5. The second kappa shape index (κ2) is 9.84. The summed E-state index contributed by atoms with van der Waals surface area (Å²) in [6.07, 6.45) is 2.13. The van der Waals surface area contributed by atoms with Gasteiger partial charge in [-0.2, -0.15) is 0 Å². The zero-order valence-corrected chi connectivity index (χ0v) is 10.9. The van der Waals surface area contributed by atoms with E-state index in [0.717, 1.165) is 6.42 Å². The second-order valence-electron chi connectivity index (χ2n) is 3.88. The Hall–Kier alpha value is -0.700. The first-order chi connectivity index (χ1) is 6.87. The summed E-state index contributed by atoms with van der Waals surface area (Å²) >= 11 is 5.43. The van der Waals surface area contributed by atoms with Crippen molar-refractivity contribution < 1.29 is 9.53 Å². The summed E-state index contributed by atoms with van der Waals surface area (Å²) in [7, 11) is 0. The minimum absolute atomic E-state index is 0.382. The average molecular weight is 236 g/mol. The van der Waals surface area contributed by atoms with Crippen LogP contribution in [0.1, 0.15) is 34.1 Å². The number of amides is 1. The van der Waals surface area contributed by atoms with E-state index in [1.807, 2.05) is 27.7 Å². The summed E-state index contributed by atoms with van der Waals surface area (Å²) in [5.41, 5.74) is -0.426. The largest absolute Gasteiger partial charge is 0.444 e. The fourth-order valence-corrected chi connectivity index (χ4v) is 0.705. The number of nitrogens with one attached hydrogen (secondary N) is 1. The number of carbonyl (C=O) groups excluding carboxylic acids is 1. The number of allylic oxidation sites excluding steroid dienone is 1. The molecule has 0 atom stereocenters. The van der Waals surface area contributed by atoms with Crippen molar-refractivity contribution in [2.45, 2.75) is 39.7 Å². The van der Waals surface area contributed by atoms with Crippen molar-refractivity contribution in [2.75, 3.05) is 12.4 Å². The Morgan fingerprint density at radius 1 is 1.53 bits per heavy atom. The van der Waals surface area contributed by atoms with Crippen LogP contribution < -0.4 is 5.32 Å². The van der Waals surface area contributed by atoms with Crippen LogP contribution >= 0.6 is 11.6 Å². The van der Waals surface area contributed by atoms with Gasteiger partial charge in [0.1, 0.15) is 5.60 Å². The molecule has 0 saturated heterocycles. The predicted octanol–water partition coefficient (Wildman–Crippen LogP) is 3.33. The first kappa shape index (κ1) is 16.7. The standard InChI is InChI=1S/C8H16ClNO2.C3H6/c1-8(2,3)12-7(11)10-6-4-5-9;1-3-2/h4-6H2,1-3H3,(H,10,11);3H,1H2,2H3. The molecule has 0 aliphatic carbocycles. The zero-order chi connectivity index (χ0) is 12.3. The number of halogens is 1. The Kier molecular flexibility index (Phi) is 11.0. The lowest BCUT2D eigenvalue weighted by Crippen LogP contribution is -2.33. The first-order valence-electron chi connectivity index (χ1n) is 4.97. The Morgan fingerprint density at radius 3 is 2.33 bits per heavy atom. The predicted molar refractivity (Wildman–Crippen MR) is 65.4 cm³/mol. The maximum absolute atomic E-state index is 11.0. The average Bonchev–Trinajstić information content (AvgIpc) is 2.02. The molecule has 1 amide bonds. The van der Waals surface area contributed by atoms with Gasteiger partial charge in [0, 0.05) is 12.4 Å². The SMILES string of the molecule is C=CC.CC(C)(C)OC(=O)NCCCCl. The summed E-state index contributed by atoms with van der Waals surface area (Å²) in [5, 5.41) is 2.59. The van der Waals surface area contributed by atoms with Crippen molar-refractivity contribution in [3.05, 3.63) is 12.7 Å². The van der Waals surface area contributed by atoms with Gasteiger partial charge in [-0.3, -0.25) is 0 Å². The third-order valence-electron chi connectivity index (χ3n) is 0.979. The van der Waals surface area contributed by atoms with E-state index in [0.29, 0.717) is 12.4 Å². The summed E-state index contributed by atoms with van der Waals surface area (Å²) in [4.78, 5) is 11.0. The van der Waals surface area contributed by atoms with Gasteiger partial charge >= 0.3 is 6.09 Å². The molecule has 0 heterocycles. The molecule has 0 aliphatic heterocycles. The van der Waals surface area contributed by atoms with E-state index in [9.17, 15) is 4.79 Å². The molecule has 15 heavy (non-hydrogen) atoms. The number of hydrogen-bond donors (Lipinski definition) is 1. The van der Waals surface area contributed by atoms with Gasteiger partial charge < -0.3 is 10.1 Å². The Morgan fingerprint density at radius 2 is 2.00 bits per heavy atom. The smallest absolute Gasteiger partial charge is 0.407 e. The minimum atomic E-state index is -0.426. The molecule has 0 saturated carbocycles. The number of ether oxygens (including phenoxy) is 1. The maximum Gasteiger partial charge on any atom is 0.407 e. The molecule has 1 N–H and O–H groups in total.